The van der Waals surface area contributed by atoms with Crippen LogP contribution in [0.1, 0.15) is 32.6 Å². The molecule has 0 aromatic carbocycles. The summed E-state index contributed by atoms with van der Waals surface area (Å²) in [5.41, 5.74) is 0. The van der Waals surface area contributed by atoms with Crippen LogP contribution in [-0.2, 0) is 0 Å². The van der Waals surface area contributed by atoms with Crippen LogP contribution in [0.15, 0.2) is 17.0 Å². The van der Waals surface area contributed by atoms with Crippen molar-refractivity contribution in [1.29, 1.82) is 0 Å². The molecule has 1 fully saturated rings. The topological polar surface area (TPSA) is 29.0 Å². The second kappa shape index (κ2) is 5.13. The smallest absolute Gasteiger partial charge is 0.146 e. The number of hydrogen-bond acceptors (Lipinski definition) is 3. The molecule has 1 aromatic heterocycles. The van der Waals surface area contributed by atoms with E-state index in [-0.39, 0.29) is 0 Å². The molecule has 16 heavy (non-hydrogen) atoms. The van der Waals surface area contributed by atoms with Crippen molar-refractivity contribution < 1.29 is 0 Å². The Labute approximate surface area is 105 Å². The van der Waals surface area contributed by atoms with Crippen molar-refractivity contribution in [2.24, 2.45) is 5.92 Å². The molecule has 2 rings (SSSR count). The Balaban J connectivity index is 2.12. The zero-order valence-corrected chi connectivity index (χ0v) is 11.4. The Kier molecular flexibility index (Phi) is 3.79. The van der Waals surface area contributed by atoms with Crippen molar-refractivity contribution in [3.8, 4) is 0 Å². The lowest BCUT2D eigenvalue weighted by molar-refractivity contribution is 0.335. The molecule has 3 nitrogen and oxygen atoms in total. The lowest BCUT2D eigenvalue weighted by atomic mass is 9.86. The number of hydrogen-bond donors (Lipinski definition) is 0. The van der Waals surface area contributed by atoms with E-state index in [1.165, 1.54) is 25.7 Å². The predicted molar refractivity (Wildman–Crippen MR) is 69.6 cm³/mol. The number of rotatable bonds is 2. The van der Waals surface area contributed by atoms with Crippen LogP contribution in [0.3, 0.4) is 0 Å². The minimum atomic E-state index is 0.620. The molecule has 1 aromatic rings. The predicted octanol–water partition coefficient (Wildman–Crippen LogP) is 3.25. The molecule has 88 valence electrons. The van der Waals surface area contributed by atoms with Gasteiger partial charge in [-0.15, -0.1) is 0 Å². The fourth-order valence-electron chi connectivity index (χ4n) is 2.49. The number of anilines is 1. The van der Waals surface area contributed by atoms with E-state index >= 15 is 0 Å². The van der Waals surface area contributed by atoms with E-state index in [0.717, 1.165) is 16.2 Å². The maximum Gasteiger partial charge on any atom is 0.146 e. The molecule has 0 saturated heterocycles. The van der Waals surface area contributed by atoms with E-state index in [4.69, 9.17) is 0 Å². The van der Waals surface area contributed by atoms with Gasteiger partial charge in [0, 0.05) is 19.3 Å². The molecule has 2 unspecified atom stereocenters. The summed E-state index contributed by atoms with van der Waals surface area (Å²) in [6.45, 7) is 2.34. The van der Waals surface area contributed by atoms with Gasteiger partial charge in [-0.05, 0) is 34.7 Å². The van der Waals surface area contributed by atoms with Crippen LogP contribution >= 0.6 is 15.9 Å². The zero-order valence-electron chi connectivity index (χ0n) is 9.86. The molecular formula is C12H18BrN3. The normalized spacial score (nSPS) is 25.4. The van der Waals surface area contributed by atoms with Crippen molar-refractivity contribution in [1.82, 2.24) is 9.97 Å². The highest BCUT2D eigenvalue weighted by Gasteiger charge is 2.24. The van der Waals surface area contributed by atoms with Crippen LogP contribution in [0.4, 0.5) is 5.82 Å². The summed E-state index contributed by atoms with van der Waals surface area (Å²) in [5, 5.41) is 0. The molecule has 1 heterocycles. The monoisotopic (exact) mass is 283 g/mol. The summed E-state index contributed by atoms with van der Waals surface area (Å²) < 4.78 is 0.982. The molecule has 0 aliphatic heterocycles. The Morgan fingerprint density at radius 3 is 2.94 bits per heavy atom. The fraction of sp³-hybridized carbons (Fsp3) is 0.667. The highest BCUT2D eigenvalue weighted by Crippen LogP contribution is 2.31. The van der Waals surface area contributed by atoms with Crippen LogP contribution in [-0.4, -0.2) is 23.1 Å². The third-order valence-electron chi connectivity index (χ3n) is 3.44. The van der Waals surface area contributed by atoms with Gasteiger partial charge < -0.3 is 4.90 Å². The van der Waals surface area contributed by atoms with Crippen molar-refractivity contribution in [2.45, 2.75) is 38.6 Å². The van der Waals surface area contributed by atoms with E-state index < -0.39 is 0 Å². The first kappa shape index (κ1) is 11.8. The third kappa shape index (κ3) is 2.54. The molecule has 1 aliphatic carbocycles. The first-order valence-electron chi connectivity index (χ1n) is 5.87. The average molecular weight is 284 g/mol. The average Bonchev–Trinajstić information content (AvgIpc) is 2.29. The molecule has 2 atom stereocenters. The highest BCUT2D eigenvalue weighted by molar-refractivity contribution is 9.10. The maximum absolute atomic E-state index is 4.35. The first-order valence-corrected chi connectivity index (χ1v) is 6.66. The van der Waals surface area contributed by atoms with E-state index in [9.17, 15) is 0 Å². The number of aromatic nitrogens is 2. The highest BCUT2D eigenvalue weighted by atomic mass is 79.9. The molecule has 0 radical (unpaired) electrons. The summed E-state index contributed by atoms with van der Waals surface area (Å²) in [6.07, 6.45) is 8.67. The SMILES string of the molecule is CC1CCCC(N(C)c2ncncc2Br)C1. The van der Waals surface area contributed by atoms with Gasteiger partial charge in [-0.25, -0.2) is 9.97 Å². The molecule has 1 saturated carbocycles. The van der Waals surface area contributed by atoms with Crippen LogP contribution < -0.4 is 4.90 Å². The van der Waals surface area contributed by atoms with Crippen molar-refractivity contribution in [3.63, 3.8) is 0 Å². The van der Waals surface area contributed by atoms with E-state index in [1.54, 1.807) is 6.33 Å². The molecule has 0 N–H and O–H groups in total. The van der Waals surface area contributed by atoms with Crippen molar-refractivity contribution in [2.75, 3.05) is 11.9 Å². The van der Waals surface area contributed by atoms with Gasteiger partial charge >= 0.3 is 0 Å². The van der Waals surface area contributed by atoms with Crippen molar-refractivity contribution in [3.05, 3.63) is 17.0 Å². The minimum absolute atomic E-state index is 0.620. The summed E-state index contributed by atoms with van der Waals surface area (Å²) in [5.74, 6) is 1.84. The quantitative estimate of drug-likeness (QED) is 0.834. The standard InChI is InChI=1S/C12H18BrN3/c1-9-4-3-5-10(6-9)16(2)12-11(13)7-14-8-15-12/h7-10H,3-6H2,1-2H3. The van der Waals surface area contributed by atoms with Gasteiger partial charge in [0.15, 0.2) is 0 Å². The van der Waals surface area contributed by atoms with E-state index in [2.05, 4.69) is 44.8 Å². The third-order valence-corrected chi connectivity index (χ3v) is 4.00. The Morgan fingerprint density at radius 1 is 1.44 bits per heavy atom. The number of nitrogens with zero attached hydrogens (tertiary/aromatic N) is 3. The number of halogens is 1. The van der Waals surface area contributed by atoms with Gasteiger partial charge in [-0.1, -0.05) is 19.8 Å². The molecule has 0 bridgehead atoms. The molecule has 0 amide bonds. The van der Waals surface area contributed by atoms with E-state index in [0.29, 0.717) is 6.04 Å². The van der Waals surface area contributed by atoms with Gasteiger partial charge in [0.1, 0.15) is 12.1 Å². The van der Waals surface area contributed by atoms with Crippen LogP contribution in [0.25, 0.3) is 0 Å². The molecular weight excluding hydrogens is 266 g/mol. The lowest BCUT2D eigenvalue weighted by Gasteiger charge is -2.35. The largest absolute Gasteiger partial charge is 0.356 e. The van der Waals surface area contributed by atoms with Gasteiger partial charge in [-0.2, -0.15) is 0 Å². The summed E-state index contributed by atoms with van der Waals surface area (Å²) >= 11 is 3.51. The van der Waals surface area contributed by atoms with Gasteiger partial charge in [0.2, 0.25) is 0 Å². The van der Waals surface area contributed by atoms with E-state index in [1.807, 2.05) is 6.20 Å². The minimum Gasteiger partial charge on any atom is -0.356 e. The second-order valence-corrected chi connectivity index (χ2v) is 5.59. The van der Waals surface area contributed by atoms with Crippen molar-refractivity contribution >= 4 is 21.7 Å². The Hall–Kier alpha value is -0.640. The van der Waals surface area contributed by atoms with Crippen LogP contribution in [0, 0.1) is 5.92 Å². The molecule has 1 aliphatic rings. The lowest BCUT2D eigenvalue weighted by Crippen LogP contribution is -2.36. The van der Waals surface area contributed by atoms with Gasteiger partial charge in [-0.3, -0.25) is 0 Å². The van der Waals surface area contributed by atoms with Gasteiger partial charge in [0.25, 0.3) is 0 Å². The molecule has 4 heteroatoms. The maximum atomic E-state index is 4.35. The van der Waals surface area contributed by atoms with Gasteiger partial charge in [0.05, 0.1) is 4.47 Å². The Bertz CT molecular complexity index is 356. The first-order chi connectivity index (χ1) is 7.68. The van der Waals surface area contributed by atoms with Crippen LogP contribution in [0.2, 0.25) is 0 Å². The molecule has 0 spiro atoms. The zero-order chi connectivity index (χ0) is 11.5. The second-order valence-electron chi connectivity index (χ2n) is 4.73. The van der Waals surface area contributed by atoms with Crippen LogP contribution in [0.5, 0.6) is 0 Å². The Morgan fingerprint density at radius 2 is 2.25 bits per heavy atom. The summed E-state index contributed by atoms with van der Waals surface area (Å²) in [6, 6.07) is 0.620. The fourth-order valence-corrected chi connectivity index (χ4v) is 2.99. The summed E-state index contributed by atoms with van der Waals surface area (Å²) in [7, 11) is 2.13. The summed E-state index contributed by atoms with van der Waals surface area (Å²) in [4.78, 5) is 10.6.